The van der Waals surface area contributed by atoms with E-state index >= 15 is 0 Å². The Balaban J connectivity index is 1.62. The summed E-state index contributed by atoms with van der Waals surface area (Å²) < 4.78 is 5.39. The molecule has 0 radical (unpaired) electrons. The molecule has 0 amide bonds. The standard InChI is InChI=1S/C15H22N4O3/c20-14(21)7-13-11-22-6-5-19(13)10-12-8-16-15(17-9-12)18-3-1-2-4-18/h8-9,13H,1-7,10-11H2,(H,20,21)/t13-/m1/s1. The molecule has 0 saturated carbocycles. The van der Waals surface area contributed by atoms with E-state index in [4.69, 9.17) is 9.84 Å². The molecular formula is C15H22N4O3. The van der Waals surface area contributed by atoms with Gasteiger partial charge in [0.15, 0.2) is 0 Å². The fourth-order valence-corrected chi connectivity index (χ4v) is 3.03. The summed E-state index contributed by atoms with van der Waals surface area (Å²) in [7, 11) is 0. The van der Waals surface area contributed by atoms with E-state index in [0.29, 0.717) is 19.8 Å². The number of aliphatic carboxylic acids is 1. The highest BCUT2D eigenvalue weighted by Gasteiger charge is 2.25. The normalized spacial score (nSPS) is 22.9. The van der Waals surface area contributed by atoms with Crippen molar-refractivity contribution in [3.05, 3.63) is 18.0 Å². The lowest BCUT2D eigenvalue weighted by Gasteiger charge is -2.34. The molecule has 0 aliphatic carbocycles. The number of aromatic nitrogens is 2. The summed E-state index contributed by atoms with van der Waals surface area (Å²) in [5, 5.41) is 8.99. The van der Waals surface area contributed by atoms with Crippen molar-refractivity contribution in [2.45, 2.75) is 31.8 Å². The Hall–Kier alpha value is -1.73. The maximum Gasteiger partial charge on any atom is 0.305 e. The summed E-state index contributed by atoms with van der Waals surface area (Å²) in [6.45, 7) is 4.59. The first-order chi connectivity index (χ1) is 10.7. The molecule has 0 unspecified atom stereocenters. The SMILES string of the molecule is O=C(O)C[C@@H]1COCCN1Cc1cnc(N2CCCC2)nc1. The van der Waals surface area contributed by atoms with E-state index < -0.39 is 5.97 Å². The van der Waals surface area contributed by atoms with Gasteiger partial charge in [-0.15, -0.1) is 0 Å². The summed E-state index contributed by atoms with van der Waals surface area (Å²) in [6.07, 6.45) is 6.22. The van der Waals surface area contributed by atoms with Crippen molar-refractivity contribution in [2.75, 3.05) is 37.7 Å². The van der Waals surface area contributed by atoms with E-state index in [1.807, 2.05) is 12.4 Å². The van der Waals surface area contributed by atoms with Crippen molar-refractivity contribution < 1.29 is 14.6 Å². The Kier molecular flexibility index (Phi) is 4.84. The van der Waals surface area contributed by atoms with Crippen LogP contribution in [-0.4, -0.2) is 64.8 Å². The summed E-state index contributed by atoms with van der Waals surface area (Å²) in [6, 6.07) is -0.0792. The number of hydrogen-bond acceptors (Lipinski definition) is 6. The number of nitrogens with zero attached hydrogens (tertiary/aromatic N) is 4. The van der Waals surface area contributed by atoms with Gasteiger partial charge in [-0.25, -0.2) is 9.97 Å². The minimum Gasteiger partial charge on any atom is -0.481 e. The van der Waals surface area contributed by atoms with Crippen molar-refractivity contribution in [2.24, 2.45) is 0 Å². The summed E-state index contributed by atoms with van der Waals surface area (Å²) in [4.78, 5) is 24.2. The molecule has 2 fully saturated rings. The highest BCUT2D eigenvalue weighted by atomic mass is 16.5. The van der Waals surface area contributed by atoms with Gasteiger partial charge in [0.1, 0.15) is 0 Å². The van der Waals surface area contributed by atoms with Crippen LogP contribution in [0.4, 0.5) is 5.95 Å². The van der Waals surface area contributed by atoms with Gasteiger partial charge in [0, 0.05) is 50.2 Å². The van der Waals surface area contributed by atoms with Crippen LogP contribution in [-0.2, 0) is 16.1 Å². The van der Waals surface area contributed by atoms with Crippen LogP contribution in [0.15, 0.2) is 12.4 Å². The topological polar surface area (TPSA) is 78.8 Å². The minimum absolute atomic E-state index is 0.0792. The van der Waals surface area contributed by atoms with Crippen molar-refractivity contribution >= 4 is 11.9 Å². The lowest BCUT2D eigenvalue weighted by Crippen LogP contribution is -2.45. The Morgan fingerprint density at radius 2 is 2.00 bits per heavy atom. The molecule has 1 aromatic rings. The van der Waals surface area contributed by atoms with Gasteiger partial charge in [-0.05, 0) is 12.8 Å². The van der Waals surface area contributed by atoms with Crippen LogP contribution < -0.4 is 4.90 Å². The molecule has 2 aliphatic rings. The van der Waals surface area contributed by atoms with Crippen molar-refractivity contribution in [3.63, 3.8) is 0 Å². The quantitative estimate of drug-likeness (QED) is 0.860. The second kappa shape index (κ2) is 7.02. The number of carboxylic acid groups (broad SMARTS) is 1. The highest BCUT2D eigenvalue weighted by Crippen LogP contribution is 2.17. The number of carbonyl (C=O) groups is 1. The van der Waals surface area contributed by atoms with Gasteiger partial charge in [-0.3, -0.25) is 9.69 Å². The number of carboxylic acids is 1. The summed E-state index contributed by atoms with van der Waals surface area (Å²) in [5.74, 6) is 0.00597. The second-order valence-electron chi connectivity index (χ2n) is 5.88. The molecule has 1 N–H and O–H groups in total. The minimum atomic E-state index is -0.791. The lowest BCUT2D eigenvalue weighted by atomic mass is 10.1. The van der Waals surface area contributed by atoms with E-state index in [1.165, 1.54) is 12.8 Å². The zero-order valence-corrected chi connectivity index (χ0v) is 12.6. The summed E-state index contributed by atoms with van der Waals surface area (Å²) in [5.41, 5.74) is 1.01. The van der Waals surface area contributed by atoms with Crippen molar-refractivity contribution in [1.29, 1.82) is 0 Å². The van der Waals surface area contributed by atoms with E-state index in [-0.39, 0.29) is 12.5 Å². The fraction of sp³-hybridized carbons (Fsp3) is 0.667. The zero-order valence-electron chi connectivity index (χ0n) is 12.6. The number of morpholine rings is 1. The zero-order chi connectivity index (χ0) is 15.4. The molecule has 0 spiro atoms. The molecule has 3 rings (SSSR count). The molecule has 1 aromatic heterocycles. The predicted molar refractivity (Wildman–Crippen MR) is 80.7 cm³/mol. The van der Waals surface area contributed by atoms with Gasteiger partial charge in [0.25, 0.3) is 0 Å². The molecule has 2 saturated heterocycles. The average Bonchev–Trinajstić information content (AvgIpc) is 3.04. The first kappa shape index (κ1) is 15.2. The van der Waals surface area contributed by atoms with Crippen LogP contribution >= 0.6 is 0 Å². The van der Waals surface area contributed by atoms with Gasteiger partial charge < -0.3 is 14.7 Å². The van der Waals surface area contributed by atoms with Gasteiger partial charge >= 0.3 is 5.97 Å². The smallest absolute Gasteiger partial charge is 0.305 e. The molecule has 120 valence electrons. The Bertz CT molecular complexity index is 502. The van der Waals surface area contributed by atoms with Gasteiger partial charge in [0.2, 0.25) is 5.95 Å². The molecule has 7 nitrogen and oxygen atoms in total. The number of hydrogen-bond donors (Lipinski definition) is 1. The van der Waals surface area contributed by atoms with Crippen molar-refractivity contribution in [1.82, 2.24) is 14.9 Å². The summed E-state index contributed by atoms with van der Waals surface area (Å²) >= 11 is 0. The Morgan fingerprint density at radius 3 is 2.68 bits per heavy atom. The van der Waals surface area contributed by atoms with Crippen LogP contribution in [0.25, 0.3) is 0 Å². The average molecular weight is 306 g/mol. The second-order valence-corrected chi connectivity index (χ2v) is 5.88. The molecule has 3 heterocycles. The first-order valence-electron chi connectivity index (χ1n) is 7.82. The molecule has 1 atom stereocenters. The molecule has 7 heteroatoms. The largest absolute Gasteiger partial charge is 0.481 e. The number of ether oxygens (including phenoxy) is 1. The third-order valence-corrected chi connectivity index (χ3v) is 4.23. The maximum atomic E-state index is 10.9. The third-order valence-electron chi connectivity index (χ3n) is 4.23. The lowest BCUT2D eigenvalue weighted by molar-refractivity contribution is -0.140. The monoisotopic (exact) mass is 306 g/mol. The third kappa shape index (κ3) is 3.72. The van der Waals surface area contributed by atoms with Crippen molar-refractivity contribution in [3.8, 4) is 0 Å². The number of rotatable bonds is 5. The first-order valence-corrected chi connectivity index (χ1v) is 7.82. The molecule has 0 bridgehead atoms. The van der Waals surface area contributed by atoms with Gasteiger partial charge in [-0.1, -0.05) is 0 Å². The van der Waals surface area contributed by atoms with E-state index in [0.717, 1.165) is 31.1 Å². The molecule has 0 aromatic carbocycles. The van der Waals surface area contributed by atoms with E-state index in [2.05, 4.69) is 19.8 Å². The van der Waals surface area contributed by atoms with Crippen LogP contribution in [0.2, 0.25) is 0 Å². The van der Waals surface area contributed by atoms with Gasteiger partial charge in [0.05, 0.1) is 19.6 Å². The number of anilines is 1. The van der Waals surface area contributed by atoms with Crippen LogP contribution in [0.3, 0.4) is 0 Å². The Labute approximate surface area is 129 Å². The van der Waals surface area contributed by atoms with Crippen LogP contribution in [0, 0.1) is 0 Å². The molecular weight excluding hydrogens is 284 g/mol. The van der Waals surface area contributed by atoms with Crippen LogP contribution in [0.1, 0.15) is 24.8 Å². The highest BCUT2D eigenvalue weighted by molar-refractivity contribution is 5.67. The predicted octanol–water partition coefficient (Wildman–Crippen LogP) is 0.752. The fourth-order valence-electron chi connectivity index (χ4n) is 3.03. The molecule has 2 aliphatic heterocycles. The van der Waals surface area contributed by atoms with Crippen LogP contribution in [0.5, 0.6) is 0 Å². The van der Waals surface area contributed by atoms with E-state index in [9.17, 15) is 4.79 Å². The van der Waals surface area contributed by atoms with E-state index in [1.54, 1.807) is 0 Å². The van der Waals surface area contributed by atoms with Gasteiger partial charge in [-0.2, -0.15) is 0 Å². The molecule has 22 heavy (non-hydrogen) atoms. The Morgan fingerprint density at radius 1 is 1.27 bits per heavy atom. The maximum absolute atomic E-state index is 10.9.